The summed E-state index contributed by atoms with van der Waals surface area (Å²) in [6.45, 7) is 0.654. The molecule has 0 aliphatic heterocycles. The molecule has 13 heteroatoms. The Balaban J connectivity index is 1.46. The van der Waals surface area contributed by atoms with Crippen molar-refractivity contribution in [1.82, 2.24) is 23.4 Å². The van der Waals surface area contributed by atoms with Gasteiger partial charge in [-0.05, 0) is 31.2 Å². The minimum absolute atomic E-state index is 0.117. The molecule has 0 saturated heterocycles. The molecule has 0 aliphatic rings. The van der Waals surface area contributed by atoms with Crippen LogP contribution in [0.15, 0.2) is 53.1 Å². The minimum Gasteiger partial charge on any atom is -0.507 e. The summed E-state index contributed by atoms with van der Waals surface area (Å²) < 4.78 is 40.7. The predicted octanol–water partition coefficient (Wildman–Crippen LogP) is 2.27. The lowest BCUT2D eigenvalue weighted by Gasteiger charge is -2.14. The number of carbonyl (C=O) groups is 1. The van der Waals surface area contributed by atoms with E-state index in [1.54, 1.807) is 30.3 Å². The molecule has 0 saturated carbocycles. The van der Waals surface area contributed by atoms with Gasteiger partial charge in [-0.3, -0.25) is 4.79 Å². The number of allylic oxidation sites excluding steroid dienone is 1. The first kappa shape index (κ1) is 22.3. The van der Waals surface area contributed by atoms with Crippen LogP contribution in [-0.4, -0.2) is 50.9 Å². The largest absolute Gasteiger partial charge is 0.507 e. The van der Waals surface area contributed by atoms with Gasteiger partial charge in [-0.25, -0.2) is 13.4 Å². The number of nitriles is 1. The van der Waals surface area contributed by atoms with Gasteiger partial charge in [0.15, 0.2) is 11.6 Å². The number of aromatic amines is 1. The molecule has 1 atom stereocenters. The highest BCUT2D eigenvalue weighted by molar-refractivity contribution is 7.89. The number of esters is 1. The number of para-hydroxylation sites is 2. The fraction of sp³-hybridized carbons (Fsp3) is 0.150. The van der Waals surface area contributed by atoms with Crippen LogP contribution in [0.2, 0.25) is 0 Å². The van der Waals surface area contributed by atoms with E-state index >= 15 is 0 Å². The third-order valence-electron chi connectivity index (χ3n) is 4.60. The molecule has 0 spiro atoms. The SMILES string of the molecule is CC(NS(=O)(=O)c1cccc2nsnc12)C(=O)OCC(O)=C(C#N)c1nc2ccccc2[nH]1. The van der Waals surface area contributed by atoms with Crippen LogP contribution in [0.25, 0.3) is 27.6 Å². The zero-order valence-corrected chi connectivity index (χ0v) is 18.6. The van der Waals surface area contributed by atoms with Gasteiger partial charge in [0.25, 0.3) is 0 Å². The summed E-state index contributed by atoms with van der Waals surface area (Å²) in [6.07, 6.45) is 0. The molecule has 11 nitrogen and oxygen atoms in total. The molecule has 0 fully saturated rings. The van der Waals surface area contributed by atoms with E-state index < -0.39 is 34.4 Å². The number of hydrogen-bond donors (Lipinski definition) is 3. The van der Waals surface area contributed by atoms with Crippen molar-refractivity contribution in [2.24, 2.45) is 0 Å². The second-order valence-electron chi connectivity index (χ2n) is 6.87. The average Bonchev–Trinajstić information content (AvgIpc) is 3.44. The Morgan fingerprint density at radius 1 is 1.24 bits per heavy atom. The molecule has 0 amide bonds. The summed E-state index contributed by atoms with van der Waals surface area (Å²) in [6, 6.07) is 12.1. The van der Waals surface area contributed by atoms with Crippen LogP contribution in [-0.2, 0) is 19.6 Å². The van der Waals surface area contributed by atoms with Crippen molar-refractivity contribution in [1.29, 1.82) is 5.26 Å². The number of aromatic nitrogens is 4. The predicted molar refractivity (Wildman–Crippen MR) is 119 cm³/mol. The molecule has 2 heterocycles. The van der Waals surface area contributed by atoms with Crippen molar-refractivity contribution in [2.45, 2.75) is 17.9 Å². The van der Waals surface area contributed by atoms with E-state index in [1.165, 1.54) is 19.1 Å². The molecule has 0 bridgehead atoms. The number of rotatable bonds is 7. The van der Waals surface area contributed by atoms with Crippen LogP contribution in [0.5, 0.6) is 0 Å². The second kappa shape index (κ2) is 8.94. The van der Waals surface area contributed by atoms with Crippen molar-refractivity contribution in [3.05, 3.63) is 54.0 Å². The van der Waals surface area contributed by atoms with Gasteiger partial charge in [0.2, 0.25) is 10.0 Å². The van der Waals surface area contributed by atoms with Gasteiger partial charge in [0, 0.05) is 0 Å². The molecular weight excluding hydrogens is 468 g/mol. The van der Waals surface area contributed by atoms with E-state index in [1.807, 2.05) is 6.07 Å². The molecule has 1 unspecified atom stereocenters. The lowest BCUT2D eigenvalue weighted by atomic mass is 10.2. The number of ether oxygens (including phenoxy) is 1. The van der Waals surface area contributed by atoms with Gasteiger partial charge >= 0.3 is 5.97 Å². The third kappa shape index (κ3) is 4.53. The highest BCUT2D eigenvalue weighted by Crippen LogP contribution is 2.22. The number of aliphatic hydroxyl groups is 1. The number of benzene rings is 2. The number of imidazole rings is 1. The average molecular weight is 485 g/mol. The summed E-state index contributed by atoms with van der Waals surface area (Å²) in [7, 11) is -4.11. The van der Waals surface area contributed by atoms with Crippen LogP contribution < -0.4 is 4.72 Å². The van der Waals surface area contributed by atoms with E-state index in [0.717, 1.165) is 11.7 Å². The quantitative estimate of drug-likeness (QED) is 0.202. The first-order valence-corrected chi connectivity index (χ1v) is 11.7. The van der Waals surface area contributed by atoms with Crippen molar-refractivity contribution >= 4 is 55.4 Å². The number of fused-ring (bicyclic) bond motifs is 2. The van der Waals surface area contributed by atoms with Crippen LogP contribution in [0.1, 0.15) is 12.7 Å². The van der Waals surface area contributed by atoms with Crippen LogP contribution >= 0.6 is 11.7 Å². The molecule has 3 N–H and O–H groups in total. The first-order chi connectivity index (χ1) is 15.8. The summed E-state index contributed by atoms with van der Waals surface area (Å²) in [5.74, 6) is -1.36. The van der Waals surface area contributed by atoms with Gasteiger partial charge < -0.3 is 14.8 Å². The smallest absolute Gasteiger partial charge is 0.324 e. The maximum Gasteiger partial charge on any atom is 0.324 e. The number of sulfonamides is 1. The molecule has 2 aromatic carbocycles. The van der Waals surface area contributed by atoms with Gasteiger partial charge in [0.05, 0.1) is 22.8 Å². The molecule has 4 aromatic rings. The summed E-state index contributed by atoms with van der Waals surface area (Å²) in [5.41, 5.74) is 1.68. The second-order valence-corrected chi connectivity index (χ2v) is 9.09. The maximum absolute atomic E-state index is 12.7. The number of nitrogens with one attached hydrogen (secondary N) is 2. The Morgan fingerprint density at radius 3 is 2.76 bits per heavy atom. The van der Waals surface area contributed by atoms with Gasteiger partial charge in [-0.1, -0.05) is 18.2 Å². The zero-order valence-electron chi connectivity index (χ0n) is 17.0. The Morgan fingerprint density at radius 2 is 2.00 bits per heavy atom. The van der Waals surface area contributed by atoms with Crippen molar-refractivity contribution in [2.75, 3.05) is 6.61 Å². The normalized spacial score (nSPS) is 13.5. The molecule has 0 radical (unpaired) electrons. The third-order valence-corrected chi connectivity index (χ3v) is 6.72. The number of carbonyl (C=O) groups excluding carboxylic acids is 1. The highest BCUT2D eigenvalue weighted by atomic mass is 32.2. The van der Waals surface area contributed by atoms with Gasteiger partial charge in [-0.15, -0.1) is 0 Å². The zero-order chi connectivity index (χ0) is 23.6. The van der Waals surface area contributed by atoms with Crippen molar-refractivity contribution in [3.63, 3.8) is 0 Å². The first-order valence-electron chi connectivity index (χ1n) is 9.47. The fourth-order valence-corrected chi connectivity index (χ4v) is 4.96. The summed E-state index contributed by atoms with van der Waals surface area (Å²) in [5, 5.41) is 19.7. The standard InChI is InChI=1S/C20H16N6O5S2/c1-11(26-33(29,30)17-8-4-7-15-18(17)25-32-24-15)20(28)31-10-16(27)12(9-21)19-22-13-5-2-3-6-14(13)23-19/h2-8,11,26-27H,10H2,1H3,(H,22,23). The molecular formula is C20H16N6O5S2. The molecule has 33 heavy (non-hydrogen) atoms. The highest BCUT2D eigenvalue weighted by Gasteiger charge is 2.26. The Kier molecular flexibility index (Phi) is 6.05. The van der Waals surface area contributed by atoms with E-state index in [-0.39, 0.29) is 21.8 Å². The monoisotopic (exact) mass is 484 g/mol. The molecule has 2 aromatic heterocycles. The molecule has 168 valence electrons. The van der Waals surface area contributed by atoms with Crippen LogP contribution in [0.4, 0.5) is 0 Å². The number of nitrogens with zero attached hydrogens (tertiary/aromatic N) is 4. The lowest BCUT2D eigenvalue weighted by molar-refractivity contribution is -0.144. The summed E-state index contributed by atoms with van der Waals surface area (Å²) >= 11 is 0.873. The molecule has 0 aliphatic carbocycles. The van der Waals surface area contributed by atoms with Gasteiger partial charge in [0.1, 0.15) is 40.2 Å². The van der Waals surface area contributed by atoms with E-state index in [2.05, 4.69) is 23.4 Å². The van der Waals surface area contributed by atoms with Crippen LogP contribution in [0, 0.1) is 11.3 Å². The van der Waals surface area contributed by atoms with E-state index in [4.69, 9.17) is 4.74 Å². The van der Waals surface area contributed by atoms with Gasteiger partial charge in [-0.2, -0.15) is 18.7 Å². The Hall–Kier alpha value is -3.86. The van der Waals surface area contributed by atoms with Crippen LogP contribution in [0.3, 0.4) is 0 Å². The molecule has 4 rings (SSSR count). The lowest BCUT2D eigenvalue weighted by Crippen LogP contribution is -2.39. The number of H-pyrrole nitrogens is 1. The van der Waals surface area contributed by atoms with E-state index in [9.17, 15) is 23.6 Å². The Labute approximate surface area is 191 Å². The number of hydrogen-bond acceptors (Lipinski definition) is 10. The summed E-state index contributed by atoms with van der Waals surface area (Å²) in [4.78, 5) is 19.4. The Bertz CT molecular complexity index is 1500. The minimum atomic E-state index is -4.11. The van der Waals surface area contributed by atoms with E-state index in [0.29, 0.717) is 16.6 Å². The topological polar surface area (TPSA) is 171 Å². The number of aliphatic hydroxyl groups excluding tert-OH is 1. The van der Waals surface area contributed by atoms with Crippen molar-refractivity contribution in [3.8, 4) is 6.07 Å². The van der Waals surface area contributed by atoms with Crippen molar-refractivity contribution < 1.29 is 23.1 Å². The fourth-order valence-electron chi connectivity index (χ4n) is 3.00. The maximum atomic E-state index is 12.7.